The van der Waals surface area contributed by atoms with Gasteiger partial charge in [-0.25, -0.2) is 0 Å². The van der Waals surface area contributed by atoms with Gasteiger partial charge in [-0.3, -0.25) is 0 Å². The monoisotopic (exact) mass is 269 g/mol. The smallest absolute Gasteiger partial charge is 0.0686 e. The molecule has 2 atom stereocenters. The number of nitrogens with one attached hydrogen (secondary N) is 1. The molecule has 1 saturated heterocycles. The summed E-state index contributed by atoms with van der Waals surface area (Å²) < 4.78 is 6.13. The van der Waals surface area contributed by atoms with Gasteiger partial charge in [0, 0.05) is 6.61 Å². The first-order chi connectivity index (χ1) is 9.08. The van der Waals surface area contributed by atoms with E-state index in [1.807, 2.05) is 6.92 Å². The summed E-state index contributed by atoms with van der Waals surface area (Å²) in [5.74, 6) is 0.401. The summed E-state index contributed by atoms with van der Waals surface area (Å²) in [5, 5.41) is 14.1. The van der Waals surface area contributed by atoms with Crippen molar-refractivity contribution >= 4 is 0 Å². The van der Waals surface area contributed by atoms with E-state index in [1.165, 1.54) is 32.1 Å². The first-order valence-electron chi connectivity index (χ1n) is 8.15. The fourth-order valence-corrected chi connectivity index (χ4v) is 3.83. The van der Waals surface area contributed by atoms with Crippen LogP contribution in [-0.4, -0.2) is 36.0 Å². The van der Waals surface area contributed by atoms with Crippen molar-refractivity contribution in [1.82, 2.24) is 5.32 Å². The molecule has 1 heterocycles. The lowest BCUT2D eigenvalue weighted by Crippen LogP contribution is -2.49. The quantitative estimate of drug-likeness (QED) is 0.754. The van der Waals surface area contributed by atoms with Crippen molar-refractivity contribution in [2.75, 3.05) is 19.7 Å². The van der Waals surface area contributed by atoms with E-state index in [0.29, 0.717) is 5.92 Å². The van der Waals surface area contributed by atoms with E-state index in [2.05, 4.69) is 12.2 Å². The Morgan fingerprint density at radius 2 is 2.05 bits per heavy atom. The van der Waals surface area contributed by atoms with Gasteiger partial charge in [0.15, 0.2) is 0 Å². The minimum Gasteiger partial charge on any atom is -0.390 e. The van der Waals surface area contributed by atoms with Crippen molar-refractivity contribution in [1.29, 1.82) is 0 Å². The molecule has 3 nitrogen and oxygen atoms in total. The molecule has 0 bridgehead atoms. The van der Waals surface area contributed by atoms with E-state index in [-0.39, 0.29) is 5.60 Å². The predicted octanol–water partition coefficient (Wildman–Crippen LogP) is 2.87. The zero-order valence-corrected chi connectivity index (χ0v) is 12.7. The molecule has 2 unspecified atom stereocenters. The van der Waals surface area contributed by atoms with Crippen LogP contribution in [0.5, 0.6) is 0 Å². The van der Waals surface area contributed by atoms with Crippen LogP contribution in [0.15, 0.2) is 0 Å². The molecule has 1 saturated carbocycles. The van der Waals surface area contributed by atoms with Crippen molar-refractivity contribution in [3.05, 3.63) is 0 Å². The highest BCUT2D eigenvalue weighted by Crippen LogP contribution is 2.44. The van der Waals surface area contributed by atoms with Crippen LogP contribution in [-0.2, 0) is 4.74 Å². The molecule has 1 aliphatic heterocycles. The first kappa shape index (κ1) is 15.3. The van der Waals surface area contributed by atoms with Crippen molar-refractivity contribution < 1.29 is 9.84 Å². The lowest BCUT2D eigenvalue weighted by atomic mass is 9.70. The third-order valence-corrected chi connectivity index (χ3v) is 5.20. The minimum atomic E-state index is -0.545. The highest BCUT2D eigenvalue weighted by molar-refractivity contribution is 4.95. The van der Waals surface area contributed by atoms with Crippen LogP contribution in [0, 0.1) is 5.92 Å². The van der Waals surface area contributed by atoms with Crippen LogP contribution < -0.4 is 5.32 Å². The Balaban J connectivity index is 1.91. The van der Waals surface area contributed by atoms with Crippen molar-refractivity contribution in [2.24, 2.45) is 5.92 Å². The van der Waals surface area contributed by atoms with Crippen LogP contribution in [0.1, 0.15) is 65.2 Å². The largest absolute Gasteiger partial charge is 0.390 e. The van der Waals surface area contributed by atoms with Gasteiger partial charge in [0.1, 0.15) is 0 Å². The summed E-state index contributed by atoms with van der Waals surface area (Å²) in [6.07, 6.45) is 9.28. The van der Waals surface area contributed by atoms with Gasteiger partial charge >= 0.3 is 0 Å². The van der Waals surface area contributed by atoms with Gasteiger partial charge in [0.25, 0.3) is 0 Å². The summed E-state index contributed by atoms with van der Waals surface area (Å²) in [6, 6.07) is 0. The van der Waals surface area contributed by atoms with E-state index in [4.69, 9.17) is 4.74 Å². The summed E-state index contributed by atoms with van der Waals surface area (Å²) in [4.78, 5) is 0. The van der Waals surface area contributed by atoms with Crippen molar-refractivity contribution in [2.45, 2.75) is 76.4 Å². The zero-order chi connectivity index (χ0) is 13.8. The fraction of sp³-hybridized carbons (Fsp3) is 1.00. The average Bonchev–Trinajstić information content (AvgIpc) is 2.40. The van der Waals surface area contributed by atoms with Gasteiger partial charge in [0.05, 0.1) is 11.2 Å². The molecule has 0 radical (unpaired) electrons. The lowest BCUT2D eigenvalue weighted by Gasteiger charge is -2.47. The molecular formula is C16H31NO2. The Morgan fingerprint density at radius 3 is 2.74 bits per heavy atom. The number of aliphatic hydroxyl groups is 1. The fourth-order valence-electron chi connectivity index (χ4n) is 3.83. The minimum absolute atomic E-state index is 0.101. The van der Waals surface area contributed by atoms with E-state index in [9.17, 15) is 5.11 Å². The molecule has 2 fully saturated rings. The van der Waals surface area contributed by atoms with Gasteiger partial charge in [-0.1, -0.05) is 26.2 Å². The van der Waals surface area contributed by atoms with E-state index < -0.39 is 5.60 Å². The third kappa shape index (κ3) is 3.93. The Hall–Kier alpha value is -0.120. The molecule has 0 aromatic carbocycles. The molecule has 1 aliphatic carbocycles. The van der Waals surface area contributed by atoms with Gasteiger partial charge < -0.3 is 15.2 Å². The highest BCUT2D eigenvalue weighted by atomic mass is 16.5. The van der Waals surface area contributed by atoms with Crippen LogP contribution in [0.3, 0.4) is 0 Å². The SMILES string of the molecule is CCNCCC(C)(O)C1CCOC2(CCCCC2)C1. The van der Waals surface area contributed by atoms with Gasteiger partial charge in [-0.05, 0) is 58.0 Å². The standard InChI is InChI=1S/C16H31NO2/c1-3-17-11-10-15(2,18)14-7-12-19-16(13-14)8-5-4-6-9-16/h14,17-18H,3-13H2,1-2H3. The van der Waals surface area contributed by atoms with Crippen LogP contribution in [0.25, 0.3) is 0 Å². The number of ether oxygens (including phenoxy) is 1. The van der Waals surface area contributed by atoms with Crippen LogP contribution in [0.2, 0.25) is 0 Å². The summed E-state index contributed by atoms with van der Waals surface area (Å²) in [5.41, 5.74) is -0.445. The first-order valence-corrected chi connectivity index (χ1v) is 8.15. The Kier molecular flexibility index (Phi) is 5.27. The second-order valence-electron chi connectivity index (χ2n) is 6.74. The normalized spacial score (nSPS) is 30.2. The predicted molar refractivity (Wildman–Crippen MR) is 78.3 cm³/mol. The van der Waals surface area contributed by atoms with E-state index >= 15 is 0 Å². The Morgan fingerprint density at radius 1 is 1.32 bits per heavy atom. The molecule has 2 rings (SSSR count). The topological polar surface area (TPSA) is 41.5 Å². The molecule has 0 amide bonds. The van der Waals surface area contributed by atoms with Gasteiger partial charge in [-0.15, -0.1) is 0 Å². The molecule has 2 aliphatic rings. The molecule has 1 spiro atoms. The summed E-state index contributed by atoms with van der Waals surface area (Å²) >= 11 is 0. The summed E-state index contributed by atoms with van der Waals surface area (Å²) in [7, 11) is 0. The Labute approximate surface area is 118 Å². The number of hydrogen-bond donors (Lipinski definition) is 2. The zero-order valence-electron chi connectivity index (χ0n) is 12.7. The lowest BCUT2D eigenvalue weighted by molar-refractivity contribution is -0.153. The molecule has 19 heavy (non-hydrogen) atoms. The van der Waals surface area contributed by atoms with E-state index in [1.54, 1.807) is 0 Å². The van der Waals surface area contributed by atoms with Gasteiger partial charge in [-0.2, -0.15) is 0 Å². The molecule has 0 aromatic heterocycles. The van der Waals surface area contributed by atoms with Crippen LogP contribution in [0.4, 0.5) is 0 Å². The third-order valence-electron chi connectivity index (χ3n) is 5.20. The van der Waals surface area contributed by atoms with E-state index in [0.717, 1.165) is 39.0 Å². The molecule has 3 heteroatoms. The maximum absolute atomic E-state index is 10.8. The summed E-state index contributed by atoms with van der Waals surface area (Å²) in [6.45, 7) is 6.86. The second kappa shape index (κ2) is 6.55. The molecule has 112 valence electrons. The molecule has 2 N–H and O–H groups in total. The van der Waals surface area contributed by atoms with Gasteiger partial charge in [0.2, 0.25) is 0 Å². The molecular weight excluding hydrogens is 238 g/mol. The van der Waals surface area contributed by atoms with Crippen LogP contribution >= 0.6 is 0 Å². The molecule has 0 aromatic rings. The average molecular weight is 269 g/mol. The number of rotatable bonds is 5. The maximum Gasteiger partial charge on any atom is 0.0686 e. The highest BCUT2D eigenvalue weighted by Gasteiger charge is 2.43. The van der Waals surface area contributed by atoms with Crippen molar-refractivity contribution in [3.8, 4) is 0 Å². The maximum atomic E-state index is 10.8. The Bertz CT molecular complexity index is 266. The number of hydrogen-bond acceptors (Lipinski definition) is 3. The van der Waals surface area contributed by atoms with Crippen molar-refractivity contribution in [3.63, 3.8) is 0 Å². The second-order valence-corrected chi connectivity index (χ2v) is 6.74.